The van der Waals surface area contributed by atoms with Crippen LogP contribution in [0.25, 0.3) is 0 Å². The van der Waals surface area contributed by atoms with E-state index in [4.69, 9.17) is 4.74 Å². The molecular formula is C13H11FN2O2. The summed E-state index contributed by atoms with van der Waals surface area (Å²) in [6, 6.07) is 7.27. The maximum Gasteiger partial charge on any atom is 0.216 e. The summed E-state index contributed by atoms with van der Waals surface area (Å²) in [5.41, 5.74) is 1.02. The van der Waals surface area contributed by atoms with Gasteiger partial charge < -0.3 is 4.74 Å². The van der Waals surface area contributed by atoms with Crippen LogP contribution in [0.3, 0.4) is 0 Å². The number of Topliss-reactive ketones (excluding diaryl/α,β-unsaturated/α-hetero) is 1. The highest BCUT2D eigenvalue weighted by molar-refractivity contribution is 5.95. The summed E-state index contributed by atoms with van der Waals surface area (Å²) in [5, 5.41) is 0. The summed E-state index contributed by atoms with van der Waals surface area (Å²) in [4.78, 5) is 19.6. The molecule has 0 aliphatic carbocycles. The molecule has 2 rings (SSSR count). The molecule has 92 valence electrons. The van der Waals surface area contributed by atoms with Gasteiger partial charge in [-0.15, -0.1) is 0 Å². The van der Waals surface area contributed by atoms with Gasteiger partial charge in [0.1, 0.15) is 17.8 Å². The molecule has 0 bridgehead atoms. The van der Waals surface area contributed by atoms with Gasteiger partial charge in [-0.1, -0.05) is 12.1 Å². The lowest BCUT2D eigenvalue weighted by molar-refractivity contribution is 0.0987. The van der Waals surface area contributed by atoms with Crippen LogP contribution in [0.1, 0.15) is 16.1 Å². The van der Waals surface area contributed by atoms with E-state index in [1.807, 2.05) is 0 Å². The van der Waals surface area contributed by atoms with Gasteiger partial charge in [0.2, 0.25) is 5.88 Å². The van der Waals surface area contributed by atoms with E-state index in [1.54, 1.807) is 12.1 Å². The molecule has 0 N–H and O–H groups in total. The number of carbonyl (C=O) groups excluding carboxylic acids is 1. The van der Waals surface area contributed by atoms with Crippen LogP contribution in [0.4, 0.5) is 4.39 Å². The van der Waals surface area contributed by atoms with Crippen LogP contribution < -0.4 is 4.74 Å². The largest absolute Gasteiger partial charge is 0.481 e. The Bertz CT molecular complexity index is 555. The van der Waals surface area contributed by atoms with Crippen molar-refractivity contribution in [1.82, 2.24) is 9.97 Å². The summed E-state index contributed by atoms with van der Waals surface area (Å²) in [6.45, 7) is 0. The zero-order valence-corrected chi connectivity index (χ0v) is 9.76. The minimum atomic E-state index is -0.324. The third-order valence-corrected chi connectivity index (χ3v) is 2.41. The number of hydrogen-bond acceptors (Lipinski definition) is 4. The van der Waals surface area contributed by atoms with Gasteiger partial charge in [-0.2, -0.15) is 0 Å². The molecule has 1 aromatic carbocycles. The van der Waals surface area contributed by atoms with Crippen LogP contribution in [0.2, 0.25) is 0 Å². The van der Waals surface area contributed by atoms with Crippen molar-refractivity contribution in [3.63, 3.8) is 0 Å². The Morgan fingerprint density at radius 2 is 2.00 bits per heavy atom. The Morgan fingerprint density at radius 3 is 2.67 bits per heavy atom. The van der Waals surface area contributed by atoms with E-state index < -0.39 is 0 Å². The third kappa shape index (κ3) is 2.88. The fourth-order valence-electron chi connectivity index (χ4n) is 1.48. The van der Waals surface area contributed by atoms with Crippen molar-refractivity contribution in [3.8, 4) is 5.88 Å². The maximum atomic E-state index is 12.7. The summed E-state index contributed by atoms with van der Waals surface area (Å²) in [7, 11) is 1.47. The van der Waals surface area contributed by atoms with Crippen molar-refractivity contribution in [2.45, 2.75) is 6.42 Å². The molecule has 0 saturated carbocycles. The highest BCUT2D eigenvalue weighted by Gasteiger charge is 2.10. The Morgan fingerprint density at radius 1 is 1.28 bits per heavy atom. The minimum absolute atomic E-state index is 0.165. The van der Waals surface area contributed by atoms with Crippen LogP contribution >= 0.6 is 0 Å². The summed E-state index contributed by atoms with van der Waals surface area (Å²) in [6.07, 6.45) is 1.44. The third-order valence-electron chi connectivity index (χ3n) is 2.41. The topological polar surface area (TPSA) is 52.1 Å². The SMILES string of the molecule is COc1cc(C(=O)Cc2ccc(F)cc2)ncn1. The molecule has 0 fully saturated rings. The molecule has 5 heteroatoms. The lowest BCUT2D eigenvalue weighted by Crippen LogP contribution is -2.07. The van der Waals surface area contributed by atoms with E-state index in [0.29, 0.717) is 5.88 Å². The standard InChI is InChI=1S/C13H11FN2O2/c1-18-13-7-11(15-8-16-13)12(17)6-9-2-4-10(14)5-3-9/h2-5,7-8H,6H2,1H3. The van der Waals surface area contributed by atoms with Crippen LogP contribution in [0.5, 0.6) is 5.88 Å². The number of carbonyl (C=O) groups is 1. The number of rotatable bonds is 4. The fraction of sp³-hybridized carbons (Fsp3) is 0.154. The highest BCUT2D eigenvalue weighted by atomic mass is 19.1. The molecule has 0 aliphatic rings. The van der Waals surface area contributed by atoms with E-state index in [0.717, 1.165) is 5.56 Å². The predicted octanol–water partition coefficient (Wildman–Crippen LogP) is 2.05. The molecule has 4 nitrogen and oxygen atoms in total. The summed E-state index contributed by atoms with van der Waals surface area (Å²) < 4.78 is 17.6. The van der Waals surface area contributed by atoms with E-state index in [2.05, 4.69) is 9.97 Å². The number of nitrogens with zero attached hydrogens (tertiary/aromatic N) is 2. The number of methoxy groups -OCH3 is 1. The van der Waals surface area contributed by atoms with Gasteiger partial charge in [0.05, 0.1) is 7.11 Å². The monoisotopic (exact) mass is 246 g/mol. The molecule has 2 aromatic rings. The molecule has 18 heavy (non-hydrogen) atoms. The lowest BCUT2D eigenvalue weighted by atomic mass is 10.1. The molecule has 0 unspecified atom stereocenters. The van der Waals surface area contributed by atoms with Crippen molar-refractivity contribution in [2.75, 3.05) is 7.11 Å². The van der Waals surface area contributed by atoms with Crippen molar-refractivity contribution in [2.24, 2.45) is 0 Å². The van der Waals surface area contributed by atoms with Gasteiger partial charge in [0.15, 0.2) is 5.78 Å². The van der Waals surface area contributed by atoms with Gasteiger partial charge in [-0.25, -0.2) is 14.4 Å². The first kappa shape index (κ1) is 12.2. The number of benzene rings is 1. The van der Waals surface area contributed by atoms with Crippen molar-refractivity contribution in [3.05, 3.63) is 53.7 Å². The average Bonchev–Trinajstić information content (AvgIpc) is 2.41. The number of aromatic nitrogens is 2. The zero-order chi connectivity index (χ0) is 13.0. The molecule has 0 spiro atoms. The average molecular weight is 246 g/mol. The Kier molecular flexibility index (Phi) is 3.62. The quantitative estimate of drug-likeness (QED) is 0.775. The first-order valence-corrected chi connectivity index (χ1v) is 5.32. The van der Waals surface area contributed by atoms with Crippen LogP contribution in [-0.2, 0) is 6.42 Å². The predicted molar refractivity (Wildman–Crippen MR) is 63.0 cm³/mol. The number of hydrogen-bond donors (Lipinski definition) is 0. The molecule has 0 atom stereocenters. The molecule has 1 aromatic heterocycles. The summed E-state index contributed by atoms with van der Waals surface area (Å²) >= 11 is 0. The number of ketones is 1. The van der Waals surface area contributed by atoms with Crippen LogP contribution in [-0.4, -0.2) is 22.9 Å². The molecule has 0 aliphatic heterocycles. The van der Waals surface area contributed by atoms with E-state index in [1.165, 1.54) is 31.6 Å². The number of ether oxygens (including phenoxy) is 1. The fourth-order valence-corrected chi connectivity index (χ4v) is 1.48. The Hall–Kier alpha value is -2.30. The second-order valence-corrected chi connectivity index (χ2v) is 3.67. The van der Waals surface area contributed by atoms with Crippen molar-refractivity contribution in [1.29, 1.82) is 0 Å². The molecule has 1 heterocycles. The Balaban J connectivity index is 2.14. The maximum absolute atomic E-state index is 12.7. The smallest absolute Gasteiger partial charge is 0.216 e. The minimum Gasteiger partial charge on any atom is -0.481 e. The second kappa shape index (κ2) is 5.35. The Labute approximate surface area is 103 Å². The van der Waals surface area contributed by atoms with Crippen molar-refractivity contribution >= 4 is 5.78 Å². The molecule has 0 radical (unpaired) electrons. The van der Waals surface area contributed by atoms with Crippen molar-refractivity contribution < 1.29 is 13.9 Å². The van der Waals surface area contributed by atoms with Gasteiger partial charge in [-0.05, 0) is 17.7 Å². The van der Waals surface area contributed by atoms with Gasteiger partial charge in [0.25, 0.3) is 0 Å². The molecule has 0 saturated heterocycles. The zero-order valence-electron chi connectivity index (χ0n) is 9.76. The molecular weight excluding hydrogens is 235 g/mol. The molecule has 0 amide bonds. The first-order valence-electron chi connectivity index (χ1n) is 5.32. The van der Waals surface area contributed by atoms with E-state index >= 15 is 0 Å². The lowest BCUT2D eigenvalue weighted by Gasteiger charge is -2.02. The van der Waals surface area contributed by atoms with E-state index in [-0.39, 0.29) is 23.7 Å². The first-order chi connectivity index (χ1) is 8.69. The van der Waals surface area contributed by atoms with Gasteiger partial charge in [-0.3, -0.25) is 4.79 Å². The normalized spacial score (nSPS) is 10.1. The summed E-state index contributed by atoms with van der Waals surface area (Å²) in [5.74, 6) is -0.148. The van der Waals surface area contributed by atoms with E-state index in [9.17, 15) is 9.18 Å². The number of halogens is 1. The van der Waals surface area contributed by atoms with Crippen LogP contribution in [0, 0.1) is 5.82 Å². The van der Waals surface area contributed by atoms with Crippen LogP contribution in [0.15, 0.2) is 36.7 Å². The highest BCUT2D eigenvalue weighted by Crippen LogP contribution is 2.10. The second-order valence-electron chi connectivity index (χ2n) is 3.67. The van der Waals surface area contributed by atoms with Gasteiger partial charge in [0, 0.05) is 12.5 Å². The van der Waals surface area contributed by atoms with Gasteiger partial charge >= 0.3 is 0 Å².